The second-order valence-corrected chi connectivity index (χ2v) is 5.03. The lowest BCUT2D eigenvalue weighted by Gasteiger charge is -2.10. The zero-order chi connectivity index (χ0) is 15.4. The Labute approximate surface area is 126 Å². The number of nitro groups is 1. The molecule has 2 aromatic rings. The summed E-state index contributed by atoms with van der Waals surface area (Å²) < 4.78 is 13.6. The molecular weight excluding hydrogens is 295 g/mol. The monoisotopic (exact) mass is 308 g/mol. The van der Waals surface area contributed by atoms with Gasteiger partial charge in [-0.3, -0.25) is 10.1 Å². The van der Waals surface area contributed by atoms with Crippen LogP contribution in [0.15, 0.2) is 36.4 Å². The van der Waals surface area contributed by atoms with Gasteiger partial charge < -0.3 is 5.32 Å². The van der Waals surface area contributed by atoms with E-state index >= 15 is 0 Å². The Balaban J connectivity index is 2.08. The quantitative estimate of drug-likeness (QED) is 0.671. The van der Waals surface area contributed by atoms with Gasteiger partial charge in [0, 0.05) is 35.3 Å². The maximum absolute atomic E-state index is 13.6. The molecule has 0 saturated carbocycles. The molecule has 2 rings (SSSR count). The lowest BCUT2D eigenvalue weighted by Crippen LogP contribution is -2.15. The summed E-state index contributed by atoms with van der Waals surface area (Å²) in [6, 6.07) is 9.43. The number of halogens is 2. The molecule has 0 aliphatic rings. The molecular formula is C15H14ClFN2O2. The molecule has 2 aromatic carbocycles. The fourth-order valence-corrected chi connectivity index (χ4v) is 2.31. The molecule has 0 radical (unpaired) electrons. The van der Waals surface area contributed by atoms with Crippen LogP contribution in [0, 0.1) is 22.9 Å². The van der Waals surface area contributed by atoms with E-state index in [2.05, 4.69) is 5.32 Å². The van der Waals surface area contributed by atoms with E-state index in [-0.39, 0.29) is 18.0 Å². The van der Waals surface area contributed by atoms with Crippen LogP contribution in [0.5, 0.6) is 0 Å². The van der Waals surface area contributed by atoms with Gasteiger partial charge in [0.2, 0.25) is 0 Å². The van der Waals surface area contributed by atoms with Gasteiger partial charge in [0.15, 0.2) is 0 Å². The number of benzene rings is 2. The SMILES string of the molecule is Cc1c(CNCc2c(F)cccc2Cl)cccc1[N+](=O)[O-]. The van der Waals surface area contributed by atoms with Crippen LogP contribution in [0.2, 0.25) is 5.02 Å². The molecule has 0 aliphatic carbocycles. The summed E-state index contributed by atoms with van der Waals surface area (Å²) in [4.78, 5) is 10.5. The van der Waals surface area contributed by atoms with Gasteiger partial charge >= 0.3 is 0 Å². The Hall–Kier alpha value is -1.98. The highest BCUT2D eigenvalue weighted by Crippen LogP contribution is 2.22. The maximum atomic E-state index is 13.6. The summed E-state index contributed by atoms with van der Waals surface area (Å²) in [5.41, 5.74) is 1.88. The number of nitrogens with zero attached hydrogens (tertiary/aromatic N) is 1. The molecule has 0 atom stereocenters. The zero-order valence-electron chi connectivity index (χ0n) is 11.4. The van der Waals surface area contributed by atoms with Crippen LogP contribution in [0.25, 0.3) is 0 Å². The van der Waals surface area contributed by atoms with Crippen molar-refractivity contribution in [2.75, 3.05) is 0 Å². The van der Waals surface area contributed by atoms with Crippen LogP contribution in [0.1, 0.15) is 16.7 Å². The highest BCUT2D eigenvalue weighted by atomic mass is 35.5. The highest BCUT2D eigenvalue weighted by molar-refractivity contribution is 6.31. The van der Waals surface area contributed by atoms with Crippen LogP contribution in [0.3, 0.4) is 0 Å². The first kappa shape index (κ1) is 15.4. The summed E-state index contributed by atoms with van der Waals surface area (Å²) in [6.45, 7) is 2.36. The number of nitrogens with one attached hydrogen (secondary N) is 1. The third-order valence-corrected chi connectivity index (χ3v) is 3.65. The predicted octanol–water partition coefficient (Wildman–Crippen LogP) is 3.99. The Morgan fingerprint density at radius 1 is 1.24 bits per heavy atom. The average Bonchev–Trinajstić information content (AvgIpc) is 2.43. The van der Waals surface area contributed by atoms with Crippen molar-refractivity contribution < 1.29 is 9.31 Å². The number of hydrogen-bond acceptors (Lipinski definition) is 3. The largest absolute Gasteiger partial charge is 0.308 e. The molecule has 0 amide bonds. The molecule has 0 unspecified atom stereocenters. The van der Waals surface area contributed by atoms with Gasteiger partial charge in [-0.05, 0) is 24.6 Å². The van der Waals surface area contributed by atoms with Crippen molar-refractivity contribution in [3.8, 4) is 0 Å². The molecule has 0 bridgehead atoms. The molecule has 0 spiro atoms. The first-order valence-corrected chi connectivity index (χ1v) is 6.75. The van der Waals surface area contributed by atoms with Crippen molar-refractivity contribution in [3.63, 3.8) is 0 Å². The molecule has 0 fully saturated rings. The van der Waals surface area contributed by atoms with Crippen molar-refractivity contribution in [2.45, 2.75) is 20.0 Å². The third kappa shape index (κ3) is 3.56. The molecule has 0 heterocycles. The maximum Gasteiger partial charge on any atom is 0.272 e. The van der Waals surface area contributed by atoms with Gasteiger partial charge in [0.25, 0.3) is 5.69 Å². The van der Waals surface area contributed by atoms with E-state index in [0.29, 0.717) is 22.7 Å². The average molecular weight is 309 g/mol. The van der Waals surface area contributed by atoms with Crippen molar-refractivity contribution in [1.29, 1.82) is 0 Å². The second-order valence-electron chi connectivity index (χ2n) is 4.62. The highest BCUT2D eigenvalue weighted by Gasteiger charge is 2.13. The summed E-state index contributed by atoms with van der Waals surface area (Å²) in [5, 5.41) is 14.3. The Morgan fingerprint density at radius 2 is 1.95 bits per heavy atom. The fraction of sp³-hybridized carbons (Fsp3) is 0.200. The van der Waals surface area contributed by atoms with Gasteiger partial charge in [-0.15, -0.1) is 0 Å². The minimum absolute atomic E-state index is 0.0817. The second kappa shape index (κ2) is 6.65. The lowest BCUT2D eigenvalue weighted by molar-refractivity contribution is -0.385. The molecule has 110 valence electrons. The van der Waals surface area contributed by atoms with E-state index in [1.54, 1.807) is 31.2 Å². The summed E-state index contributed by atoms with van der Waals surface area (Å²) >= 11 is 5.94. The summed E-state index contributed by atoms with van der Waals surface area (Å²) in [6.07, 6.45) is 0. The van der Waals surface area contributed by atoms with E-state index in [1.165, 1.54) is 12.1 Å². The molecule has 4 nitrogen and oxygen atoms in total. The predicted molar refractivity (Wildman–Crippen MR) is 79.8 cm³/mol. The minimum atomic E-state index is -0.410. The Bertz CT molecular complexity index is 656. The first-order valence-electron chi connectivity index (χ1n) is 6.37. The van der Waals surface area contributed by atoms with Crippen molar-refractivity contribution in [1.82, 2.24) is 5.32 Å². The Kier molecular flexibility index (Phi) is 4.88. The van der Waals surface area contributed by atoms with Crippen molar-refractivity contribution in [2.24, 2.45) is 0 Å². The van der Waals surface area contributed by atoms with Gasteiger partial charge in [-0.1, -0.05) is 29.8 Å². The molecule has 6 heteroatoms. The van der Waals surface area contributed by atoms with Crippen LogP contribution in [-0.4, -0.2) is 4.92 Å². The van der Waals surface area contributed by atoms with Crippen LogP contribution >= 0.6 is 11.6 Å². The third-order valence-electron chi connectivity index (χ3n) is 3.29. The number of hydrogen-bond donors (Lipinski definition) is 1. The van der Waals surface area contributed by atoms with Gasteiger partial charge in [0.1, 0.15) is 5.82 Å². The minimum Gasteiger partial charge on any atom is -0.308 e. The van der Waals surface area contributed by atoms with E-state index in [4.69, 9.17) is 11.6 Å². The lowest BCUT2D eigenvalue weighted by atomic mass is 10.1. The Morgan fingerprint density at radius 3 is 2.62 bits per heavy atom. The molecule has 0 saturated heterocycles. The number of nitro benzene ring substituents is 1. The summed E-state index contributed by atoms with van der Waals surface area (Å²) in [5.74, 6) is -0.370. The van der Waals surface area contributed by atoms with E-state index < -0.39 is 4.92 Å². The smallest absolute Gasteiger partial charge is 0.272 e. The van der Waals surface area contributed by atoms with E-state index in [9.17, 15) is 14.5 Å². The van der Waals surface area contributed by atoms with Crippen LogP contribution in [-0.2, 0) is 13.1 Å². The van der Waals surface area contributed by atoms with E-state index in [1.807, 2.05) is 0 Å². The van der Waals surface area contributed by atoms with Crippen molar-refractivity contribution >= 4 is 17.3 Å². The fourth-order valence-electron chi connectivity index (χ4n) is 2.08. The topological polar surface area (TPSA) is 55.2 Å². The van der Waals surface area contributed by atoms with Gasteiger partial charge in [-0.25, -0.2) is 4.39 Å². The van der Waals surface area contributed by atoms with Gasteiger partial charge in [0.05, 0.1) is 4.92 Å². The number of rotatable bonds is 5. The molecule has 0 aromatic heterocycles. The van der Waals surface area contributed by atoms with E-state index in [0.717, 1.165) is 5.56 Å². The van der Waals surface area contributed by atoms with Crippen LogP contribution < -0.4 is 5.32 Å². The summed E-state index contributed by atoms with van der Waals surface area (Å²) in [7, 11) is 0. The van der Waals surface area contributed by atoms with Gasteiger partial charge in [-0.2, -0.15) is 0 Å². The zero-order valence-corrected chi connectivity index (χ0v) is 12.2. The van der Waals surface area contributed by atoms with Crippen molar-refractivity contribution in [3.05, 3.63) is 74.0 Å². The normalized spacial score (nSPS) is 10.6. The van der Waals surface area contributed by atoms with Crippen LogP contribution in [0.4, 0.5) is 10.1 Å². The molecule has 1 N–H and O–H groups in total. The molecule has 21 heavy (non-hydrogen) atoms. The first-order chi connectivity index (χ1) is 10.0. The standard InChI is InChI=1S/C15H14ClFN2O2/c1-10-11(4-2-7-15(10)19(20)21)8-18-9-12-13(16)5-3-6-14(12)17/h2-7,18H,8-9H2,1H3. The molecule has 0 aliphatic heterocycles.